The van der Waals surface area contributed by atoms with Gasteiger partial charge in [-0.15, -0.1) is 0 Å². The molecule has 0 spiro atoms. The van der Waals surface area contributed by atoms with Gasteiger partial charge in [0.2, 0.25) is 5.91 Å². The monoisotopic (exact) mass is 203 g/mol. The highest BCUT2D eigenvalue weighted by molar-refractivity contribution is 5.82. The van der Waals surface area contributed by atoms with Gasteiger partial charge in [-0.25, -0.2) is 0 Å². The molecule has 0 aromatic rings. The zero-order valence-electron chi connectivity index (χ0n) is 8.82. The number of likely N-dealkylation sites (N-methyl/N-ethyl adjacent to an activating group) is 1. The molecule has 1 atom stereocenters. The van der Waals surface area contributed by atoms with E-state index in [-0.39, 0.29) is 18.4 Å². The molecule has 1 unspecified atom stereocenters. The molecule has 0 heterocycles. The summed E-state index contributed by atoms with van der Waals surface area (Å²) in [7, 11) is 1.51. The average Bonchev–Trinajstić information content (AvgIpc) is 2.13. The molecular formula is C9H17NO4. The van der Waals surface area contributed by atoms with E-state index in [1.807, 2.05) is 0 Å². The molecule has 0 aliphatic rings. The second kappa shape index (κ2) is 6.37. The van der Waals surface area contributed by atoms with E-state index in [4.69, 9.17) is 9.84 Å². The van der Waals surface area contributed by atoms with Crippen molar-refractivity contribution < 1.29 is 19.4 Å². The molecule has 14 heavy (non-hydrogen) atoms. The second-order valence-electron chi connectivity index (χ2n) is 3.10. The maximum Gasteiger partial charge on any atom is 0.323 e. The van der Waals surface area contributed by atoms with Crippen LogP contribution in [0.5, 0.6) is 0 Å². The molecule has 0 aliphatic heterocycles. The van der Waals surface area contributed by atoms with E-state index in [1.54, 1.807) is 13.8 Å². The van der Waals surface area contributed by atoms with Crippen molar-refractivity contribution in [1.29, 1.82) is 0 Å². The van der Waals surface area contributed by atoms with Gasteiger partial charge < -0.3 is 14.7 Å². The van der Waals surface area contributed by atoms with Crippen LogP contribution in [0, 0.1) is 5.92 Å². The summed E-state index contributed by atoms with van der Waals surface area (Å²) < 4.78 is 4.83. The first-order valence-electron chi connectivity index (χ1n) is 4.52. The van der Waals surface area contributed by atoms with Gasteiger partial charge in [0.25, 0.3) is 0 Å². The average molecular weight is 203 g/mol. The number of carbonyl (C=O) groups excluding carboxylic acids is 1. The number of aliphatic carboxylic acids is 1. The highest BCUT2D eigenvalue weighted by Gasteiger charge is 2.20. The maximum absolute atomic E-state index is 11.6. The first-order valence-corrected chi connectivity index (χ1v) is 4.52. The van der Waals surface area contributed by atoms with Crippen LogP contribution in [0.3, 0.4) is 0 Å². The van der Waals surface area contributed by atoms with Crippen LogP contribution >= 0.6 is 0 Å². The molecule has 0 aliphatic carbocycles. The van der Waals surface area contributed by atoms with Crippen molar-refractivity contribution in [3.05, 3.63) is 0 Å². The number of ether oxygens (including phenoxy) is 1. The molecular weight excluding hydrogens is 186 g/mol. The fourth-order valence-electron chi connectivity index (χ4n) is 1.14. The molecule has 0 rings (SSSR count). The van der Waals surface area contributed by atoms with Gasteiger partial charge in [-0.3, -0.25) is 9.59 Å². The van der Waals surface area contributed by atoms with Crippen LogP contribution < -0.4 is 0 Å². The molecule has 82 valence electrons. The van der Waals surface area contributed by atoms with Gasteiger partial charge in [0.05, 0.1) is 12.5 Å². The van der Waals surface area contributed by atoms with Crippen molar-refractivity contribution in [2.45, 2.75) is 13.8 Å². The number of carboxylic acid groups (broad SMARTS) is 1. The van der Waals surface area contributed by atoms with Gasteiger partial charge in [-0.2, -0.15) is 0 Å². The number of carboxylic acids is 1. The molecule has 1 N–H and O–H groups in total. The van der Waals surface area contributed by atoms with E-state index in [9.17, 15) is 9.59 Å². The third-order valence-corrected chi connectivity index (χ3v) is 1.86. The third kappa shape index (κ3) is 4.23. The van der Waals surface area contributed by atoms with Crippen molar-refractivity contribution in [2.75, 3.05) is 26.8 Å². The van der Waals surface area contributed by atoms with E-state index in [1.165, 1.54) is 12.0 Å². The van der Waals surface area contributed by atoms with Crippen molar-refractivity contribution in [1.82, 2.24) is 4.90 Å². The van der Waals surface area contributed by atoms with Crippen LogP contribution in [0.15, 0.2) is 0 Å². The number of nitrogens with zero attached hydrogens (tertiary/aromatic N) is 1. The molecule has 5 nitrogen and oxygen atoms in total. The molecule has 0 fully saturated rings. The van der Waals surface area contributed by atoms with Crippen molar-refractivity contribution in [3.63, 3.8) is 0 Å². The lowest BCUT2D eigenvalue weighted by Gasteiger charge is -2.22. The van der Waals surface area contributed by atoms with E-state index < -0.39 is 5.97 Å². The van der Waals surface area contributed by atoms with Crippen molar-refractivity contribution in [3.8, 4) is 0 Å². The highest BCUT2D eigenvalue weighted by Crippen LogP contribution is 2.02. The quantitative estimate of drug-likeness (QED) is 0.669. The summed E-state index contributed by atoms with van der Waals surface area (Å²) in [6.07, 6.45) is 0. The zero-order valence-corrected chi connectivity index (χ0v) is 8.82. The Morgan fingerprint density at radius 2 is 2.07 bits per heavy atom. The summed E-state index contributed by atoms with van der Waals surface area (Å²) in [5, 5.41) is 8.55. The molecule has 0 radical (unpaired) electrons. The Labute approximate surface area is 83.6 Å². The number of carbonyl (C=O) groups is 2. The summed E-state index contributed by atoms with van der Waals surface area (Å²) in [5.74, 6) is -1.47. The van der Waals surface area contributed by atoms with Crippen LogP contribution in [0.1, 0.15) is 13.8 Å². The van der Waals surface area contributed by atoms with E-state index in [0.717, 1.165) is 0 Å². The Balaban J connectivity index is 4.22. The fourth-order valence-corrected chi connectivity index (χ4v) is 1.14. The zero-order chi connectivity index (χ0) is 11.1. The molecule has 0 aromatic heterocycles. The molecule has 5 heteroatoms. The lowest BCUT2D eigenvalue weighted by atomic mass is 10.1. The fraction of sp³-hybridized carbons (Fsp3) is 0.778. The third-order valence-electron chi connectivity index (χ3n) is 1.86. The maximum atomic E-state index is 11.6. The van der Waals surface area contributed by atoms with E-state index in [0.29, 0.717) is 13.2 Å². The lowest BCUT2D eigenvalue weighted by Crippen LogP contribution is -2.39. The number of rotatable bonds is 6. The summed E-state index contributed by atoms with van der Waals surface area (Å²) in [6.45, 7) is 3.94. The van der Waals surface area contributed by atoms with Gasteiger partial charge in [0.1, 0.15) is 6.54 Å². The minimum Gasteiger partial charge on any atom is -0.480 e. The second-order valence-corrected chi connectivity index (χ2v) is 3.10. The van der Waals surface area contributed by atoms with Crippen LogP contribution in [-0.2, 0) is 14.3 Å². The molecule has 0 saturated carbocycles. The highest BCUT2D eigenvalue weighted by atomic mass is 16.5. The number of amides is 1. The summed E-state index contributed by atoms with van der Waals surface area (Å²) >= 11 is 0. The van der Waals surface area contributed by atoms with Gasteiger partial charge in [0, 0.05) is 13.7 Å². The van der Waals surface area contributed by atoms with Gasteiger partial charge in [0.15, 0.2) is 0 Å². The van der Waals surface area contributed by atoms with E-state index in [2.05, 4.69) is 0 Å². The summed E-state index contributed by atoms with van der Waals surface area (Å²) in [5.41, 5.74) is 0. The van der Waals surface area contributed by atoms with Crippen LogP contribution in [0.2, 0.25) is 0 Å². The topological polar surface area (TPSA) is 66.8 Å². The Kier molecular flexibility index (Phi) is 5.87. The number of methoxy groups -OCH3 is 1. The Bertz CT molecular complexity index is 205. The molecule has 0 aromatic carbocycles. The molecule has 0 bridgehead atoms. The summed E-state index contributed by atoms with van der Waals surface area (Å²) in [4.78, 5) is 23.3. The summed E-state index contributed by atoms with van der Waals surface area (Å²) in [6, 6.07) is 0. The minimum absolute atomic E-state index is 0.184. The Morgan fingerprint density at radius 3 is 2.43 bits per heavy atom. The number of hydrogen-bond acceptors (Lipinski definition) is 3. The van der Waals surface area contributed by atoms with Crippen LogP contribution in [0.4, 0.5) is 0 Å². The van der Waals surface area contributed by atoms with E-state index >= 15 is 0 Å². The standard InChI is InChI=1S/C9H17NO4/c1-4-10(5-8(11)12)9(13)7(2)6-14-3/h7H,4-6H2,1-3H3,(H,11,12). The molecule has 0 saturated heterocycles. The predicted octanol–water partition coefficient (Wildman–Crippen LogP) is 0.202. The van der Waals surface area contributed by atoms with Crippen molar-refractivity contribution >= 4 is 11.9 Å². The molecule has 1 amide bonds. The van der Waals surface area contributed by atoms with Crippen molar-refractivity contribution in [2.24, 2.45) is 5.92 Å². The lowest BCUT2D eigenvalue weighted by molar-refractivity contribution is -0.146. The first-order chi connectivity index (χ1) is 6.52. The first kappa shape index (κ1) is 12.9. The Hall–Kier alpha value is -1.10. The van der Waals surface area contributed by atoms with Crippen LogP contribution in [-0.4, -0.2) is 48.7 Å². The smallest absolute Gasteiger partial charge is 0.323 e. The van der Waals surface area contributed by atoms with Crippen LogP contribution in [0.25, 0.3) is 0 Å². The van der Waals surface area contributed by atoms with Gasteiger partial charge >= 0.3 is 5.97 Å². The van der Waals surface area contributed by atoms with Gasteiger partial charge in [-0.1, -0.05) is 6.92 Å². The number of hydrogen-bond donors (Lipinski definition) is 1. The van der Waals surface area contributed by atoms with Gasteiger partial charge in [-0.05, 0) is 6.92 Å². The largest absolute Gasteiger partial charge is 0.480 e. The SMILES string of the molecule is CCN(CC(=O)O)C(=O)C(C)COC. The minimum atomic E-state index is -0.996. The predicted molar refractivity (Wildman–Crippen MR) is 50.9 cm³/mol. The Morgan fingerprint density at radius 1 is 1.50 bits per heavy atom. The normalized spacial score (nSPS) is 12.2.